The first-order chi connectivity index (χ1) is 12.8. The van der Waals surface area contributed by atoms with Crippen LogP contribution in [0.25, 0.3) is 5.69 Å². The molecule has 3 rings (SSSR count). The molecule has 0 atom stereocenters. The summed E-state index contributed by atoms with van der Waals surface area (Å²) in [6, 6.07) is 10.4. The van der Waals surface area contributed by atoms with E-state index in [9.17, 15) is 14.7 Å². The van der Waals surface area contributed by atoms with Crippen molar-refractivity contribution >= 4 is 39.4 Å². The van der Waals surface area contributed by atoms with E-state index in [0.29, 0.717) is 16.4 Å². The second-order valence-corrected chi connectivity index (χ2v) is 7.23. The van der Waals surface area contributed by atoms with Crippen LogP contribution < -0.4 is 11.2 Å². The third-order valence-electron chi connectivity index (χ3n) is 4.18. The highest BCUT2D eigenvalue weighted by Gasteiger charge is 2.16. The van der Waals surface area contributed by atoms with Crippen molar-refractivity contribution in [2.24, 2.45) is 4.99 Å². The zero-order valence-corrected chi connectivity index (χ0v) is 16.8. The van der Waals surface area contributed by atoms with E-state index >= 15 is 0 Å². The Bertz CT molecular complexity index is 1180. The van der Waals surface area contributed by atoms with Gasteiger partial charge in [-0.25, -0.2) is 9.36 Å². The summed E-state index contributed by atoms with van der Waals surface area (Å²) >= 11 is 9.42. The lowest BCUT2D eigenvalue weighted by Gasteiger charge is -2.13. The van der Waals surface area contributed by atoms with Gasteiger partial charge >= 0.3 is 5.69 Å². The Morgan fingerprint density at radius 3 is 2.67 bits per heavy atom. The van der Waals surface area contributed by atoms with Crippen LogP contribution in [0.15, 0.2) is 55.5 Å². The molecule has 2 aromatic carbocycles. The van der Waals surface area contributed by atoms with Crippen molar-refractivity contribution in [1.82, 2.24) is 9.55 Å². The normalized spacial score (nSPS) is 11.3. The highest BCUT2D eigenvalue weighted by molar-refractivity contribution is 9.10. The number of aliphatic imine (C=N–C) groups is 1. The predicted octanol–water partition coefficient (Wildman–Crippen LogP) is 4.01. The van der Waals surface area contributed by atoms with Crippen molar-refractivity contribution in [3.05, 3.63) is 83.4 Å². The van der Waals surface area contributed by atoms with Crippen molar-refractivity contribution in [3.63, 3.8) is 0 Å². The molecule has 0 spiro atoms. The number of aromatic amines is 1. The number of nitrogens with one attached hydrogen (secondary N) is 1. The van der Waals surface area contributed by atoms with Crippen molar-refractivity contribution in [1.29, 1.82) is 0 Å². The fourth-order valence-corrected chi connectivity index (χ4v) is 3.30. The Labute approximate surface area is 167 Å². The van der Waals surface area contributed by atoms with E-state index < -0.39 is 17.1 Å². The predicted molar refractivity (Wildman–Crippen MR) is 110 cm³/mol. The number of rotatable bonds is 3. The number of H-pyrrole nitrogens is 1. The van der Waals surface area contributed by atoms with Crippen molar-refractivity contribution in [2.45, 2.75) is 13.8 Å². The molecule has 1 heterocycles. The van der Waals surface area contributed by atoms with Crippen LogP contribution in [0.2, 0.25) is 5.02 Å². The largest absolute Gasteiger partial charge is 0.493 e. The summed E-state index contributed by atoms with van der Waals surface area (Å²) in [5.74, 6) is -0.491. The van der Waals surface area contributed by atoms with E-state index in [1.54, 1.807) is 30.3 Å². The van der Waals surface area contributed by atoms with Crippen LogP contribution in [-0.4, -0.2) is 20.9 Å². The highest BCUT2D eigenvalue weighted by Crippen LogP contribution is 2.28. The summed E-state index contributed by atoms with van der Waals surface area (Å²) in [5, 5.41) is 11.0. The van der Waals surface area contributed by atoms with Gasteiger partial charge in [-0.05, 0) is 49.2 Å². The number of benzene rings is 2. The minimum atomic E-state index is -0.740. The minimum Gasteiger partial charge on any atom is -0.493 e. The molecule has 2 N–H and O–H groups in total. The molecule has 8 heteroatoms. The fourth-order valence-electron chi connectivity index (χ4n) is 2.58. The molecule has 0 saturated carbocycles. The summed E-state index contributed by atoms with van der Waals surface area (Å²) in [7, 11) is 0. The number of hydrogen-bond donors (Lipinski definition) is 2. The van der Waals surface area contributed by atoms with E-state index in [0.717, 1.165) is 20.2 Å². The number of nitrogens with zero attached hydrogens (tertiary/aromatic N) is 2. The van der Waals surface area contributed by atoms with Crippen molar-refractivity contribution in [3.8, 4) is 11.6 Å². The first kappa shape index (κ1) is 19.1. The third-order valence-corrected chi connectivity index (χ3v) is 4.98. The third kappa shape index (κ3) is 3.74. The summed E-state index contributed by atoms with van der Waals surface area (Å²) in [4.78, 5) is 30.9. The molecule has 0 radical (unpaired) electrons. The summed E-state index contributed by atoms with van der Waals surface area (Å²) in [6.07, 6.45) is 1.18. The quantitative estimate of drug-likeness (QED) is 0.593. The van der Waals surface area contributed by atoms with Crippen LogP contribution in [0.4, 0.5) is 5.69 Å². The molecule has 0 aliphatic carbocycles. The maximum Gasteiger partial charge on any atom is 0.335 e. The molecular formula is C19H15BrClN3O3. The van der Waals surface area contributed by atoms with E-state index in [-0.39, 0.29) is 5.56 Å². The molecule has 1 aromatic heterocycles. The molecule has 0 fully saturated rings. The van der Waals surface area contributed by atoms with Gasteiger partial charge in [0.1, 0.15) is 5.56 Å². The SMILES string of the molecule is Cc1cccc(-n2c(O)c(C=Nc3ccc(Br)cc3Cl)c(=O)[nH]c2=O)c1C. The van der Waals surface area contributed by atoms with Gasteiger partial charge in [-0.3, -0.25) is 14.8 Å². The minimum absolute atomic E-state index is 0.144. The average Bonchev–Trinajstić information content (AvgIpc) is 2.59. The van der Waals surface area contributed by atoms with Crippen molar-refractivity contribution < 1.29 is 5.11 Å². The molecule has 0 aliphatic rings. The second kappa shape index (κ2) is 7.54. The zero-order valence-electron chi connectivity index (χ0n) is 14.5. The van der Waals surface area contributed by atoms with Gasteiger partial charge in [0.2, 0.25) is 5.88 Å². The Hall–Kier alpha value is -2.64. The Balaban J connectivity index is 2.18. The number of aromatic hydroxyl groups is 1. The number of hydrogen-bond acceptors (Lipinski definition) is 4. The van der Waals surface area contributed by atoms with Crippen LogP contribution >= 0.6 is 27.5 Å². The Kier molecular flexibility index (Phi) is 5.34. The van der Waals surface area contributed by atoms with Gasteiger partial charge in [-0.15, -0.1) is 0 Å². The van der Waals surface area contributed by atoms with E-state index in [1.807, 2.05) is 19.9 Å². The Morgan fingerprint density at radius 2 is 1.96 bits per heavy atom. The number of aromatic nitrogens is 2. The summed E-state index contributed by atoms with van der Waals surface area (Å²) < 4.78 is 1.84. The van der Waals surface area contributed by atoms with Gasteiger partial charge in [0, 0.05) is 10.7 Å². The van der Waals surface area contributed by atoms with E-state index in [4.69, 9.17) is 11.6 Å². The monoisotopic (exact) mass is 447 g/mol. The fraction of sp³-hybridized carbons (Fsp3) is 0.105. The van der Waals surface area contributed by atoms with Gasteiger partial charge in [0.15, 0.2) is 0 Å². The molecule has 0 amide bonds. The smallest absolute Gasteiger partial charge is 0.335 e. The maximum atomic E-state index is 12.3. The van der Waals surface area contributed by atoms with Crippen LogP contribution in [0.1, 0.15) is 16.7 Å². The summed E-state index contributed by atoms with van der Waals surface area (Å²) in [5.41, 5.74) is 1.03. The Morgan fingerprint density at radius 1 is 1.22 bits per heavy atom. The lowest BCUT2D eigenvalue weighted by molar-refractivity contribution is 0.430. The summed E-state index contributed by atoms with van der Waals surface area (Å²) in [6.45, 7) is 3.72. The molecule has 0 unspecified atom stereocenters. The first-order valence-electron chi connectivity index (χ1n) is 7.93. The van der Waals surface area contributed by atoms with Crippen LogP contribution in [0, 0.1) is 13.8 Å². The van der Waals surface area contributed by atoms with Crippen LogP contribution in [0.3, 0.4) is 0 Å². The molecule has 0 aliphatic heterocycles. The molecule has 27 heavy (non-hydrogen) atoms. The molecule has 138 valence electrons. The van der Waals surface area contributed by atoms with Crippen molar-refractivity contribution in [2.75, 3.05) is 0 Å². The van der Waals surface area contributed by atoms with E-state index in [1.165, 1.54) is 6.21 Å². The van der Waals surface area contributed by atoms with Gasteiger partial charge < -0.3 is 5.11 Å². The average molecular weight is 449 g/mol. The van der Waals surface area contributed by atoms with Gasteiger partial charge in [-0.2, -0.15) is 0 Å². The number of halogens is 2. The van der Waals surface area contributed by atoms with Gasteiger partial charge in [0.25, 0.3) is 5.56 Å². The highest BCUT2D eigenvalue weighted by atomic mass is 79.9. The lowest BCUT2D eigenvalue weighted by Crippen LogP contribution is -2.31. The first-order valence-corrected chi connectivity index (χ1v) is 9.10. The molecule has 3 aromatic rings. The van der Waals surface area contributed by atoms with Gasteiger partial charge in [0.05, 0.1) is 16.4 Å². The molecule has 0 saturated heterocycles. The van der Waals surface area contributed by atoms with E-state index in [2.05, 4.69) is 25.9 Å². The second-order valence-electron chi connectivity index (χ2n) is 5.90. The maximum absolute atomic E-state index is 12.3. The van der Waals surface area contributed by atoms with Crippen LogP contribution in [-0.2, 0) is 0 Å². The molecule has 6 nitrogen and oxygen atoms in total. The van der Waals surface area contributed by atoms with Gasteiger partial charge in [-0.1, -0.05) is 39.7 Å². The standard InChI is InChI=1S/C19H15BrClN3O3/c1-10-4-3-5-16(11(10)2)24-18(26)13(17(25)23-19(24)27)9-22-15-7-6-12(20)8-14(15)21/h3-9,26H,1-2H3,(H,23,25,27). The topological polar surface area (TPSA) is 87.4 Å². The lowest BCUT2D eigenvalue weighted by atomic mass is 10.1. The molecule has 0 bridgehead atoms. The number of aryl methyl sites for hydroxylation is 1. The van der Waals surface area contributed by atoms with Crippen LogP contribution in [0.5, 0.6) is 5.88 Å². The zero-order chi connectivity index (χ0) is 19.7. The molecular weight excluding hydrogens is 434 g/mol.